The number of benzene rings is 1. The zero-order chi connectivity index (χ0) is 22.2. The third-order valence-corrected chi connectivity index (χ3v) is 5.13. The Morgan fingerprint density at radius 3 is 1.79 bits per heavy atom. The molecule has 0 bridgehead atoms. The average Bonchev–Trinajstić information content (AvgIpc) is 2.54. The average molecular weight is 456 g/mol. The lowest BCUT2D eigenvalue weighted by Crippen LogP contribution is -2.60. The van der Waals surface area contributed by atoms with Gasteiger partial charge in [-0.15, -0.1) is 0 Å². The van der Waals surface area contributed by atoms with Gasteiger partial charge in [0.2, 0.25) is 16.3 Å². The van der Waals surface area contributed by atoms with Crippen molar-refractivity contribution in [3.8, 4) is 11.5 Å². The van der Waals surface area contributed by atoms with E-state index in [0.29, 0.717) is 0 Å². The van der Waals surface area contributed by atoms with Crippen molar-refractivity contribution in [2.45, 2.75) is 42.8 Å². The zero-order valence-corrected chi connectivity index (χ0v) is 16.0. The molecular formula is C14H14F6O6S2. The molecule has 0 amide bonds. The summed E-state index contributed by atoms with van der Waals surface area (Å²) in [6.45, 7) is 5.00. The van der Waals surface area contributed by atoms with Gasteiger partial charge in [0.15, 0.2) is 0 Å². The molecule has 0 aliphatic carbocycles. The zero-order valence-electron chi connectivity index (χ0n) is 14.4. The molecule has 0 radical (unpaired) electrons. The Morgan fingerprint density at radius 1 is 1.00 bits per heavy atom. The summed E-state index contributed by atoms with van der Waals surface area (Å²) in [7, 11) is -6.24. The third-order valence-electron chi connectivity index (χ3n) is 2.86. The van der Waals surface area contributed by atoms with Crippen molar-refractivity contribution in [1.82, 2.24) is 0 Å². The highest BCUT2D eigenvalue weighted by atomic mass is 32.2. The summed E-state index contributed by atoms with van der Waals surface area (Å²) in [5.74, 6) is -7.37. The Bertz CT molecular complexity index is 881. The van der Waals surface area contributed by atoms with Crippen LogP contribution in [0.2, 0.25) is 0 Å². The molecule has 0 aromatic heterocycles. The van der Waals surface area contributed by atoms with Crippen LogP contribution in [-0.2, 0) is 25.7 Å². The van der Waals surface area contributed by atoms with Gasteiger partial charge in [0, 0.05) is 0 Å². The lowest BCUT2D eigenvalue weighted by Gasteiger charge is -2.30. The standard InChI is InChI=1S/C14H14F6O6S2/c1-11(2,3)25-9-4-6-10(7-5-9)26-28(24,8-21)14(19,20)12(15,16)13(17,18)27(22)23/h4-7H,1-3H3,(H,22,23). The third kappa shape index (κ3) is 4.45. The fourth-order valence-electron chi connectivity index (χ4n) is 1.62. The minimum atomic E-state index is -6.69. The summed E-state index contributed by atoms with van der Waals surface area (Å²) in [4.78, 5) is 10.7. The Labute approximate surface area is 158 Å². The molecule has 0 spiro atoms. The first-order valence-electron chi connectivity index (χ1n) is 7.07. The lowest BCUT2D eigenvalue weighted by molar-refractivity contribution is -0.244. The van der Waals surface area contributed by atoms with E-state index in [2.05, 4.69) is 4.18 Å². The van der Waals surface area contributed by atoms with Crippen molar-refractivity contribution in [3.05, 3.63) is 24.3 Å². The molecule has 0 aliphatic rings. The molecule has 0 aliphatic heterocycles. The number of hydrogen-bond donors (Lipinski definition) is 1. The van der Waals surface area contributed by atoms with Crippen LogP contribution in [0, 0.1) is 0 Å². The molecule has 2 unspecified atom stereocenters. The van der Waals surface area contributed by atoms with Crippen LogP contribution in [0.3, 0.4) is 0 Å². The summed E-state index contributed by atoms with van der Waals surface area (Å²) in [6, 6.07) is 3.76. The van der Waals surface area contributed by atoms with Crippen LogP contribution in [0.15, 0.2) is 24.3 Å². The molecule has 1 rings (SSSR count). The smallest absolute Gasteiger partial charge is 0.424 e. The summed E-state index contributed by atoms with van der Waals surface area (Å²) in [5, 5.41) is -12.6. The van der Waals surface area contributed by atoms with E-state index in [9.17, 15) is 39.6 Å². The van der Waals surface area contributed by atoms with Gasteiger partial charge < -0.3 is 13.5 Å². The monoisotopic (exact) mass is 456 g/mol. The highest BCUT2D eigenvalue weighted by Gasteiger charge is 2.80. The minimum Gasteiger partial charge on any atom is -0.488 e. The van der Waals surface area contributed by atoms with Gasteiger partial charge in [-0.2, -0.15) is 26.3 Å². The van der Waals surface area contributed by atoms with Crippen molar-refractivity contribution >= 4 is 26.1 Å². The van der Waals surface area contributed by atoms with E-state index in [1.165, 1.54) is 0 Å². The predicted octanol–water partition coefficient (Wildman–Crippen LogP) is 3.55. The van der Waals surface area contributed by atoms with Crippen molar-refractivity contribution in [3.63, 3.8) is 0 Å². The number of ether oxygens (including phenoxy) is 1. The van der Waals surface area contributed by atoms with Gasteiger partial charge in [-0.25, -0.2) is 13.2 Å². The number of alkyl halides is 6. The molecule has 0 saturated carbocycles. The van der Waals surface area contributed by atoms with Crippen LogP contribution >= 0.6 is 0 Å². The molecule has 0 saturated heterocycles. The number of hydrogen-bond acceptors (Lipinski definition) is 5. The van der Waals surface area contributed by atoms with Gasteiger partial charge in [0.05, 0.1) is 0 Å². The van der Waals surface area contributed by atoms with Crippen molar-refractivity contribution in [1.29, 1.82) is 0 Å². The van der Waals surface area contributed by atoms with E-state index in [0.717, 1.165) is 24.3 Å². The molecule has 28 heavy (non-hydrogen) atoms. The van der Waals surface area contributed by atoms with Crippen molar-refractivity contribution in [2.24, 2.45) is 0 Å². The fraction of sp³-hybridized carbons (Fsp3) is 0.500. The largest absolute Gasteiger partial charge is 0.488 e. The second-order valence-corrected chi connectivity index (χ2v) is 9.08. The van der Waals surface area contributed by atoms with Crippen LogP contribution < -0.4 is 8.92 Å². The Morgan fingerprint density at radius 2 is 1.43 bits per heavy atom. The van der Waals surface area contributed by atoms with E-state index in [4.69, 9.17) is 9.29 Å². The van der Waals surface area contributed by atoms with Crippen molar-refractivity contribution < 1.29 is 53.0 Å². The van der Waals surface area contributed by atoms with Gasteiger partial charge in [0.25, 0.3) is 9.80 Å². The van der Waals surface area contributed by atoms with Gasteiger partial charge in [0.1, 0.15) is 17.1 Å². The maximum atomic E-state index is 13.9. The number of halogens is 6. The van der Waals surface area contributed by atoms with Gasteiger partial charge in [-0.3, -0.25) is 0 Å². The molecule has 2 atom stereocenters. The van der Waals surface area contributed by atoms with Crippen LogP contribution in [0.25, 0.3) is 0 Å². The summed E-state index contributed by atoms with van der Waals surface area (Å²) < 4.78 is 121. The van der Waals surface area contributed by atoms with E-state index in [-0.39, 0.29) is 11.0 Å². The first kappa shape index (κ1) is 24.3. The topological polar surface area (TPSA) is 89.9 Å². The van der Waals surface area contributed by atoms with Crippen LogP contribution in [0.5, 0.6) is 11.5 Å². The van der Waals surface area contributed by atoms with Gasteiger partial charge >= 0.3 is 16.4 Å². The van der Waals surface area contributed by atoms with Crippen molar-refractivity contribution in [2.75, 3.05) is 0 Å². The van der Waals surface area contributed by atoms with E-state index >= 15 is 0 Å². The Kier molecular flexibility index (Phi) is 6.57. The maximum absolute atomic E-state index is 13.9. The quantitative estimate of drug-likeness (QED) is 0.384. The summed E-state index contributed by atoms with van der Waals surface area (Å²) in [5.41, 5.74) is -0.674. The van der Waals surface area contributed by atoms with Crippen LogP contribution in [0.1, 0.15) is 20.8 Å². The Balaban J connectivity index is 3.32. The molecule has 14 heteroatoms. The van der Waals surface area contributed by atoms with Crippen LogP contribution in [0.4, 0.5) is 26.3 Å². The Hall–Kier alpha value is -1.76. The molecule has 1 aromatic rings. The molecule has 160 valence electrons. The molecule has 0 heterocycles. The summed E-state index contributed by atoms with van der Waals surface area (Å²) in [6.07, 6.45) is 0. The van der Waals surface area contributed by atoms with E-state index < -0.39 is 48.7 Å². The van der Waals surface area contributed by atoms with Gasteiger partial charge in [-0.1, -0.05) is 0 Å². The molecule has 1 N–H and O–H groups in total. The first-order valence-corrected chi connectivity index (χ1v) is 9.66. The molecule has 0 fully saturated rings. The minimum absolute atomic E-state index is 0.0176. The SMILES string of the molecule is CC(C)(C)Oc1ccc(OS(=O)(=C=O)C(F)(F)C(F)(F)C(F)(F)S(=O)O)cc1. The second kappa shape index (κ2) is 7.58. The first-order chi connectivity index (χ1) is 12.4. The van der Waals surface area contributed by atoms with Gasteiger partial charge in [-0.05, 0) is 45.0 Å². The normalized spacial score (nSPS) is 16.6. The molecule has 1 aromatic carbocycles. The molecular weight excluding hydrogens is 442 g/mol. The lowest BCUT2D eigenvalue weighted by atomic mass is 10.2. The number of carbonyl (C=O) groups excluding carboxylic acids is 1. The fourth-order valence-corrected chi connectivity index (χ4v) is 3.13. The highest BCUT2D eigenvalue weighted by molar-refractivity contribution is 7.97. The maximum Gasteiger partial charge on any atom is 0.424 e. The second-order valence-electron chi connectivity index (χ2n) is 6.21. The molecule has 6 nitrogen and oxygen atoms in total. The predicted molar refractivity (Wildman–Crippen MR) is 86.9 cm³/mol. The van der Waals surface area contributed by atoms with Crippen LogP contribution in [-0.4, -0.2) is 40.2 Å². The van der Waals surface area contributed by atoms with E-state index in [1.54, 1.807) is 20.8 Å². The highest BCUT2D eigenvalue weighted by Crippen LogP contribution is 2.50. The van der Waals surface area contributed by atoms with E-state index in [1.807, 2.05) is 0 Å². The summed E-state index contributed by atoms with van der Waals surface area (Å²) >= 11 is -4.78. The number of rotatable bonds is 7.